The third-order valence-electron chi connectivity index (χ3n) is 2.36. The van der Waals surface area contributed by atoms with Crippen LogP contribution in [-0.2, 0) is 0 Å². The summed E-state index contributed by atoms with van der Waals surface area (Å²) in [4.78, 5) is 11.7. The van der Waals surface area contributed by atoms with E-state index in [2.05, 4.69) is 5.32 Å². The van der Waals surface area contributed by atoms with E-state index in [1.807, 2.05) is 0 Å². The highest BCUT2D eigenvalue weighted by atomic mass is 19.1. The molecular formula is C12H17FN2O. The molecule has 0 atom stereocenters. The van der Waals surface area contributed by atoms with Crippen molar-refractivity contribution >= 4 is 5.91 Å². The number of aryl methyl sites for hydroxylation is 1. The van der Waals surface area contributed by atoms with E-state index in [4.69, 9.17) is 5.73 Å². The number of hydrogen-bond acceptors (Lipinski definition) is 2. The topological polar surface area (TPSA) is 55.1 Å². The molecule has 0 saturated heterocycles. The Morgan fingerprint density at radius 3 is 2.88 bits per heavy atom. The lowest BCUT2D eigenvalue weighted by Crippen LogP contribution is -2.25. The Kier molecular flexibility index (Phi) is 4.92. The molecule has 1 aromatic rings. The van der Waals surface area contributed by atoms with Gasteiger partial charge in [-0.05, 0) is 44.0 Å². The summed E-state index contributed by atoms with van der Waals surface area (Å²) in [6.07, 6.45) is 1.72. The fraction of sp³-hybridized carbons (Fsp3) is 0.417. The van der Waals surface area contributed by atoms with Crippen LogP contribution in [0.5, 0.6) is 0 Å². The summed E-state index contributed by atoms with van der Waals surface area (Å²) in [5.74, 6) is -0.619. The second kappa shape index (κ2) is 6.23. The smallest absolute Gasteiger partial charge is 0.251 e. The molecule has 0 fully saturated rings. The quantitative estimate of drug-likeness (QED) is 0.746. The maximum atomic E-state index is 13.0. The standard InChI is InChI=1S/C12H17FN2O/c1-9-4-5-10(13)8-11(9)12(16)15-7-3-2-6-14/h4-5,8H,2-3,6-7,14H2,1H3,(H,15,16). The molecule has 4 heteroatoms. The molecule has 0 spiro atoms. The molecule has 3 N–H and O–H groups in total. The van der Waals surface area contributed by atoms with E-state index in [1.54, 1.807) is 13.0 Å². The first-order chi connectivity index (χ1) is 7.65. The first kappa shape index (κ1) is 12.6. The molecule has 0 heterocycles. The second-order valence-electron chi connectivity index (χ2n) is 3.71. The van der Waals surface area contributed by atoms with E-state index in [0.29, 0.717) is 18.7 Å². The summed E-state index contributed by atoms with van der Waals surface area (Å²) >= 11 is 0. The number of rotatable bonds is 5. The van der Waals surface area contributed by atoms with Gasteiger partial charge in [-0.2, -0.15) is 0 Å². The molecule has 0 aliphatic carbocycles. The summed E-state index contributed by atoms with van der Waals surface area (Å²) in [6.45, 7) is 2.98. The number of halogens is 1. The number of nitrogens with one attached hydrogen (secondary N) is 1. The van der Waals surface area contributed by atoms with E-state index in [1.165, 1.54) is 12.1 Å². The lowest BCUT2D eigenvalue weighted by molar-refractivity contribution is 0.0952. The molecule has 0 bridgehead atoms. The number of benzene rings is 1. The molecule has 0 unspecified atom stereocenters. The van der Waals surface area contributed by atoms with Crippen molar-refractivity contribution in [1.82, 2.24) is 5.32 Å². The minimum atomic E-state index is -0.391. The average Bonchev–Trinajstić information content (AvgIpc) is 2.27. The fourth-order valence-corrected chi connectivity index (χ4v) is 1.41. The van der Waals surface area contributed by atoms with Gasteiger partial charge < -0.3 is 11.1 Å². The molecule has 0 aromatic heterocycles. The molecule has 16 heavy (non-hydrogen) atoms. The molecule has 88 valence electrons. The molecular weight excluding hydrogens is 207 g/mol. The van der Waals surface area contributed by atoms with Gasteiger partial charge in [0.1, 0.15) is 5.82 Å². The first-order valence-corrected chi connectivity index (χ1v) is 5.39. The van der Waals surface area contributed by atoms with Crippen LogP contribution in [0.3, 0.4) is 0 Å². The molecule has 0 aliphatic rings. The first-order valence-electron chi connectivity index (χ1n) is 5.39. The van der Waals surface area contributed by atoms with Gasteiger partial charge >= 0.3 is 0 Å². The van der Waals surface area contributed by atoms with Crippen LogP contribution in [0.25, 0.3) is 0 Å². The number of hydrogen-bond donors (Lipinski definition) is 2. The van der Waals surface area contributed by atoms with Crippen molar-refractivity contribution in [3.63, 3.8) is 0 Å². The van der Waals surface area contributed by atoms with Gasteiger partial charge in [-0.3, -0.25) is 4.79 Å². The van der Waals surface area contributed by atoms with Gasteiger partial charge in [0, 0.05) is 12.1 Å². The van der Waals surface area contributed by atoms with Crippen LogP contribution in [-0.4, -0.2) is 19.0 Å². The Balaban J connectivity index is 2.55. The zero-order valence-corrected chi connectivity index (χ0v) is 9.42. The predicted octanol–water partition coefficient (Wildman–Crippen LogP) is 1.60. The SMILES string of the molecule is Cc1ccc(F)cc1C(=O)NCCCCN. The number of carbonyl (C=O) groups excluding carboxylic acids is 1. The van der Waals surface area contributed by atoms with Crippen molar-refractivity contribution in [3.8, 4) is 0 Å². The second-order valence-corrected chi connectivity index (χ2v) is 3.71. The van der Waals surface area contributed by atoms with Gasteiger partial charge in [-0.1, -0.05) is 6.07 Å². The molecule has 0 aliphatic heterocycles. The fourth-order valence-electron chi connectivity index (χ4n) is 1.41. The number of nitrogens with two attached hydrogens (primary N) is 1. The highest BCUT2D eigenvalue weighted by molar-refractivity contribution is 5.95. The monoisotopic (exact) mass is 224 g/mol. The van der Waals surface area contributed by atoms with Crippen molar-refractivity contribution < 1.29 is 9.18 Å². The number of carbonyl (C=O) groups is 1. The Morgan fingerprint density at radius 2 is 2.19 bits per heavy atom. The van der Waals surface area contributed by atoms with Crippen molar-refractivity contribution in [1.29, 1.82) is 0 Å². The normalized spacial score (nSPS) is 10.2. The predicted molar refractivity (Wildman–Crippen MR) is 61.8 cm³/mol. The number of unbranched alkanes of at least 4 members (excludes halogenated alkanes) is 1. The summed E-state index contributed by atoms with van der Waals surface area (Å²) < 4.78 is 13.0. The largest absolute Gasteiger partial charge is 0.352 e. The summed E-state index contributed by atoms with van der Waals surface area (Å²) in [7, 11) is 0. The molecule has 0 radical (unpaired) electrons. The van der Waals surface area contributed by atoms with Crippen LogP contribution in [0.4, 0.5) is 4.39 Å². The van der Waals surface area contributed by atoms with Crippen molar-refractivity contribution in [3.05, 3.63) is 35.1 Å². The minimum Gasteiger partial charge on any atom is -0.352 e. The Morgan fingerprint density at radius 1 is 1.44 bits per heavy atom. The molecule has 3 nitrogen and oxygen atoms in total. The van der Waals surface area contributed by atoms with Gasteiger partial charge in [0.05, 0.1) is 0 Å². The van der Waals surface area contributed by atoms with Gasteiger partial charge in [0.2, 0.25) is 0 Å². The maximum absolute atomic E-state index is 13.0. The highest BCUT2D eigenvalue weighted by Crippen LogP contribution is 2.09. The zero-order chi connectivity index (χ0) is 12.0. The van der Waals surface area contributed by atoms with Crippen molar-refractivity contribution in [2.45, 2.75) is 19.8 Å². The van der Waals surface area contributed by atoms with Crippen molar-refractivity contribution in [2.75, 3.05) is 13.1 Å². The Labute approximate surface area is 94.8 Å². The van der Waals surface area contributed by atoms with Crippen LogP contribution < -0.4 is 11.1 Å². The van der Waals surface area contributed by atoms with Crippen LogP contribution in [0.1, 0.15) is 28.8 Å². The van der Waals surface area contributed by atoms with E-state index in [9.17, 15) is 9.18 Å². The zero-order valence-electron chi connectivity index (χ0n) is 9.42. The molecule has 1 amide bonds. The van der Waals surface area contributed by atoms with E-state index in [-0.39, 0.29) is 5.91 Å². The van der Waals surface area contributed by atoms with Crippen LogP contribution in [0.15, 0.2) is 18.2 Å². The van der Waals surface area contributed by atoms with Crippen LogP contribution in [0.2, 0.25) is 0 Å². The molecule has 1 rings (SSSR count). The molecule has 0 saturated carbocycles. The third-order valence-corrected chi connectivity index (χ3v) is 2.36. The van der Waals surface area contributed by atoms with E-state index < -0.39 is 5.82 Å². The summed E-state index contributed by atoms with van der Waals surface area (Å²) in [5.41, 5.74) is 6.51. The Bertz CT molecular complexity index is 366. The summed E-state index contributed by atoms with van der Waals surface area (Å²) in [5, 5.41) is 2.74. The average molecular weight is 224 g/mol. The maximum Gasteiger partial charge on any atom is 0.251 e. The van der Waals surface area contributed by atoms with E-state index >= 15 is 0 Å². The van der Waals surface area contributed by atoms with Crippen LogP contribution >= 0.6 is 0 Å². The summed E-state index contributed by atoms with van der Waals surface area (Å²) in [6, 6.07) is 4.21. The Hall–Kier alpha value is -1.42. The van der Waals surface area contributed by atoms with Crippen LogP contribution in [0, 0.1) is 12.7 Å². The molecule has 1 aromatic carbocycles. The highest BCUT2D eigenvalue weighted by Gasteiger charge is 2.08. The lowest BCUT2D eigenvalue weighted by Gasteiger charge is -2.07. The lowest BCUT2D eigenvalue weighted by atomic mass is 10.1. The van der Waals surface area contributed by atoms with Gasteiger partial charge in [-0.25, -0.2) is 4.39 Å². The van der Waals surface area contributed by atoms with E-state index in [0.717, 1.165) is 18.4 Å². The minimum absolute atomic E-state index is 0.228. The number of amides is 1. The van der Waals surface area contributed by atoms with Gasteiger partial charge in [-0.15, -0.1) is 0 Å². The van der Waals surface area contributed by atoms with Gasteiger partial charge in [0.25, 0.3) is 5.91 Å². The third kappa shape index (κ3) is 3.62. The van der Waals surface area contributed by atoms with Gasteiger partial charge in [0.15, 0.2) is 0 Å². The van der Waals surface area contributed by atoms with Crippen molar-refractivity contribution in [2.24, 2.45) is 5.73 Å².